The number of aromatic nitrogens is 1. The Morgan fingerprint density at radius 1 is 1.75 bits per heavy atom. The summed E-state index contributed by atoms with van der Waals surface area (Å²) in [5.41, 5.74) is 1.86. The van der Waals surface area contributed by atoms with Crippen LogP contribution in [0.5, 0.6) is 0 Å². The number of hydrogen-bond acceptors (Lipinski definition) is 2. The Hall–Kier alpha value is -1.07. The molecule has 1 aromatic heterocycles. The molecule has 0 saturated heterocycles. The van der Waals surface area contributed by atoms with E-state index in [-0.39, 0.29) is 5.92 Å². The van der Waals surface area contributed by atoms with Crippen LogP contribution in [0.25, 0.3) is 0 Å². The summed E-state index contributed by atoms with van der Waals surface area (Å²) >= 11 is 5.59. The summed E-state index contributed by atoms with van der Waals surface area (Å²) in [6.07, 6.45) is 1.70. The average Bonchev–Trinajstić information content (AvgIpc) is 2.07. The fourth-order valence-corrected chi connectivity index (χ4v) is 1.16. The zero-order valence-electron chi connectivity index (χ0n) is 6.79. The molecule has 0 radical (unpaired) electrons. The first kappa shape index (κ1) is 9.02. The molecule has 1 rings (SSSR count). The molecule has 1 unspecified atom stereocenters. The number of nitriles is 1. The highest BCUT2D eigenvalue weighted by molar-refractivity contribution is 6.18. The molecule has 1 heterocycles. The van der Waals surface area contributed by atoms with Gasteiger partial charge in [0.2, 0.25) is 0 Å². The van der Waals surface area contributed by atoms with E-state index in [1.807, 2.05) is 19.1 Å². The highest BCUT2D eigenvalue weighted by atomic mass is 35.5. The third-order valence-corrected chi connectivity index (χ3v) is 1.91. The summed E-state index contributed by atoms with van der Waals surface area (Å²) in [7, 11) is 0. The molecular formula is C9H9ClN2. The number of halogens is 1. The molecule has 0 fully saturated rings. The van der Waals surface area contributed by atoms with Gasteiger partial charge in [-0.15, -0.1) is 11.6 Å². The van der Waals surface area contributed by atoms with Gasteiger partial charge in [-0.1, -0.05) is 0 Å². The van der Waals surface area contributed by atoms with Crippen molar-refractivity contribution in [2.45, 2.75) is 12.8 Å². The third kappa shape index (κ3) is 1.96. The van der Waals surface area contributed by atoms with E-state index in [0.717, 1.165) is 11.3 Å². The highest BCUT2D eigenvalue weighted by Crippen LogP contribution is 2.14. The van der Waals surface area contributed by atoms with E-state index >= 15 is 0 Å². The molecule has 12 heavy (non-hydrogen) atoms. The Balaban J connectivity index is 2.95. The molecule has 0 aromatic carbocycles. The molecule has 3 heteroatoms. The molecule has 0 N–H and O–H groups in total. The maximum absolute atomic E-state index is 8.70. The Morgan fingerprint density at radius 2 is 2.50 bits per heavy atom. The van der Waals surface area contributed by atoms with E-state index in [1.165, 1.54) is 0 Å². The maximum atomic E-state index is 8.70. The van der Waals surface area contributed by atoms with Crippen LogP contribution in [-0.2, 0) is 0 Å². The number of alkyl halides is 1. The van der Waals surface area contributed by atoms with Crippen molar-refractivity contribution < 1.29 is 0 Å². The van der Waals surface area contributed by atoms with Gasteiger partial charge in [-0.25, -0.2) is 0 Å². The first-order valence-electron chi connectivity index (χ1n) is 3.66. The number of hydrogen-bond donors (Lipinski definition) is 0. The maximum Gasteiger partial charge on any atom is 0.102 e. The van der Waals surface area contributed by atoms with Crippen molar-refractivity contribution in [2.75, 3.05) is 5.88 Å². The lowest BCUT2D eigenvalue weighted by Gasteiger charge is -2.03. The standard InChI is InChI=1S/C9H9ClN2/c1-7-2-3-12-9(4-7)8(5-10)6-11/h2-4,8H,5H2,1H3. The largest absolute Gasteiger partial charge is 0.260 e. The molecule has 0 spiro atoms. The van der Waals surface area contributed by atoms with Crippen LogP contribution in [0.1, 0.15) is 17.2 Å². The number of aryl methyl sites for hydroxylation is 1. The minimum Gasteiger partial charge on any atom is -0.260 e. The topological polar surface area (TPSA) is 36.7 Å². The smallest absolute Gasteiger partial charge is 0.102 e. The minimum atomic E-state index is -0.286. The van der Waals surface area contributed by atoms with Gasteiger partial charge in [-0.2, -0.15) is 5.26 Å². The third-order valence-electron chi connectivity index (χ3n) is 1.60. The van der Waals surface area contributed by atoms with Gasteiger partial charge >= 0.3 is 0 Å². The molecule has 0 saturated carbocycles. The molecule has 62 valence electrons. The van der Waals surface area contributed by atoms with Crippen molar-refractivity contribution in [3.8, 4) is 6.07 Å². The van der Waals surface area contributed by atoms with Crippen molar-refractivity contribution in [3.63, 3.8) is 0 Å². The van der Waals surface area contributed by atoms with Gasteiger partial charge in [0.15, 0.2) is 0 Å². The predicted molar refractivity (Wildman–Crippen MR) is 48.0 cm³/mol. The van der Waals surface area contributed by atoms with Crippen LogP contribution in [0.3, 0.4) is 0 Å². The van der Waals surface area contributed by atoms with E-state index in [4.69, 9.17) is 16.9 Å². The van der Waals surface area contributed by atoms with Crippen LogP contribution in [0.2, 0.25) is 0 Å². The summed E-state index contributed by atoms with van der Waals surface area (Å²) in [4.78, 5) is 4.07. The van der Waals surface area contributed by atoms with Crippen molar-refractivity contribution >= 4 is 11.6 Å². The SMILES string of the molecule is Cc1ccnc(C(C#N)CCl)c1. The summed E-state index contributed by atoms with van der Waals surface area (Å²) in [6, 6.07) is 5.88. The van der Waals surface area contributed by atoms with Crippen LogP contribution in [0.4, 0.5) is 0 Å². The number of pyridine rings is 1. The first-order chi connectivity index (χ1) is 5.77. The molecule has 0 bridgehead atoms. The van der Waals surface area contributed by atoms with E-state index in [1.54, 1.807) is 6.20 Å². The molecule has 0 aliphatic heterocycles. The lowest BCUT2D eigenvalue weighted by Crippen LogP contribution is -2.00. The average molecular weight is 181 g/mol. The van der Waals surface area contributed by atoms with Crippen molar-refractivity contribution in [2.24, 2.45) is 0 Å². The lowest BCUT2D eigenvalue weighted by molar-refractivity contribution is 0.923. The van der Waals surface area contributed by atoms with E-state index in [2.05, 4.69) is 11.1 Å². The van der Waals surface area contributed by atoms with Gasteiger partial charge in [0, 0.05) is 12.1 Å². The second-order valence-corrected chi connectivity index (χ2v) is 2.90. The molecule has 0 aliphatic carbocycles. The Kier molecular flexibility index (Phi) is 3.07. The zero-order chi connectivity index (χ0) is 8.97. The van der Waals surface area contributed by atoms with Crippen LogP contribution in [0.15, 0.2) is 18.3 Å². The second-order valence-electron chi connectivity index (χ2n) is 2.59. The van der Waals surface area contributed by atoms with E-state index in [9.17, 15) is 0 Å². The Bertz CT molecular complexity index is 304. The molecule has 2 nitrogen and oxygen atoms in total. The molecule has 0 aliphatic rings. The lowest BCUT2D eigenvalue weighted by atomic mass is 10.1. The molecule has 1 atom stereocenters. The van der Waals surface area contributed by atoms with Crippen molar-refractivity contribution in [1.82, 2.24) is 4.98 Å². The fourth-order valence-electron chi connectivity index (χ4n) is 0.930. The first-order valence-corrected chi connectivity index (χ1v) is 4.19. The van der Waals surface area contributed by atoms with Crippen molar-refractivity contribution in [1.29, 1.82) is 5.26 Å². The monoisotopic (exact) mass is 180 g/mol. The van der Waals surface area contributed by atoms with Crippen molar-refractivity contribution in [3.05, 3.63) is 29.6 Å². The molecule has 0 amide bonds. The summed E-state index contributed by atoms with van der Waals surface area (Å²) in [5.74, 6) is 0.0130. The van der Waals surface area contributed by atoms with Gasteiger partial charge < -0.3 is 0 Å². The Morgan fingerprint density at radius 3 is 3.00 bits per heavy atom. The summed E-state index contributed by atoms with van der Waals surface area (Å²) < 4.78 is 0. The fraction of sp³-hybridized carbons (Fsp3) is 0.333. The highest BCUT2D eigenvalue weighted by Gasteiger charge is 2.09. The molecule has 1 aromatic rings. The minimum absolute atomic E-state index is 0.286. The van der Waals surface area contributed by atoms with Gasteiger partial charge in [-0.3, -0.25) is 4.98 Å². The summed E-state index contributed by atoms with van der Waals surface area (Å²) in [6.45, 7) is 1.97. The van der Waals surface area contributed by atoms with E-state index in [0.29, 0.717) is 5.88 Å². The second kappa shape index (κ2) is 4.08. The van der Waals surface area contributed by atoms with E-state index < -0.39 is 0 Å². The van der Waals surface area contributed by atoms with Gasteiger partial charge in [0.1, 0.15) is 5.92 Å². The normalized spacial score (nSPS) is 12.1. The van der Waals surface area contributed by atoms with Crippen LogP contribution < -0.4 is 0 Å². The number of nitrogens with zero attached hydrogens (tertiary/aromatic N) is 2. The zero-order valence-corrected chi connectivity index (χ0v) is 7.54. The van der Waals surface area contributed by atoms with Crippen LogP contribution >= 0.6 is 11.6 Å². The Labute approximate surface area is 76.8 Å². The van der Waals surface area contributed by atoms with Gasteiger partial charge in [-0.05, 0) is 24.6 Å². The quantitative estimate of drug-likeness (QED) is 0.655. The van der Waals surface area contributed by atoms with Gasteiger partial charge in [0.25, 0.3) is 0 Å². The summed E-state index contributed by atoms with van der Waals surface area (Å²) in [5, 5.41) is 8.70. The van der Waals surface area contributed by atoms with Gasteiger partial charge in [0.05, 0.1) is 11.8 Å². The number of rotatable bonds is 2. The van der Waals surface area contributed by atoms with Crippen LogP contribution in [0, 0.1) is 18.3 Å². The van der Waals surface area contributed by atoms with Crippen LogP contribution in [-0.4, -0.2) is 10.9 Å². The molecular weight excluding hydrogens is 172 g/mol. The predicted octanol–water partition coefficient (Wildman–Crippen LogP) is 2.24.